The first kappa shape index (κ1) is 26.3. The van der Waals surface area contributed by atoms with E-state index in [0.717, 1.165) is 12.0 Å². The number of anilines is 1. The fraction of sp³-hybridized carbons (Fsp3) is 0.167. The van der Waals surface area contributed by atoms with E-state index in [4.69, 9.17) is 9.47 Å². The molecule has 4 rings (SSSR count). The van der Waals surface area contributed by atoms with Crippen LogP contribution >= 0.6 is 0 Å². The number of nitrogens with one attached hydrogen (secondary N) is 1. The monoisotopic (exact) mass is 514 g/mol. The predicted molar refractivity (Wildman–Crippen MR) is 142 cm³/mol. The van der Waals surface area contributed by atoms with Gasteiger partial charge < -0.3 is 19.7 Å². The zero-order valence-electron chi connectivity index (χ0n) is 21.1. The minimum absolute atomic E-state index is 0.0821. The SMILES string of the molecule is COC(=O)C1=C(C)N(c2ccc(F)cc2)/C(=C\c2ccc(OCC(=O)NCCc3ccccc3)cc2)C1=O. The molecule has 0 spiro atoms. The Kier molecular flexibility index (Phi) is 8.33. The minimum atomic E-state index is -0.742. The Morgan fingerprint density at radius 1 is 0.974 bits per heavy atom. The number of carbonyl (C=O) groups is 3. The van der Waals surface area contributed by atoms with Gasteiger partial charge in [0.05, 0.1) is 12.8 Å². The Morgan fingerprint density at radius 2 is 1.66 bits per heavy atom. The molecule has 194 valence electrons. The van der Waals surface area contributed by atoms with Crippen molar-refractivity contribution in [2.24, 2.45) is 0 Å². The molecule has 1 amide bonds. The number of ketones is 1. The molecule has 0 aromatic heterocycles. The lowest BCUT2D eigenvalue weighted by Crippen LogP contribution is -2.30. The van der Waals surface area contributed by atoms with Crippen LogP contribution in [0.3, 0.4) is 0 Å². The van der Waals surface area contributed by atoms with Gasteiger partial charge >= 0.3 is 5.97 Å². The summed E-state index contributed by atoms with van der Waals surface area (Å²) < 4.78 is 23.9. The molecule has 0 saturated heterocycles. The molecule has 1 N–H and O–H groups in total. The van der Waals surface area contributed by atoms with E-state index in [0.29, 0.717) is 29.2 Å². The van der Waals surface area contributed by atoms with Gasteiger partial charge in [0, 0.05) is 17.9 Å². The van der Waals surface area contributed by atoms with Crippen molar-refractivity contribution in [1.82, 2.24) is 5.32 Å². The van der Waals surface area contributed by atoms with E-state index < -0.39 is 17.6 Å². The Bertz CT molecular complexity index is 1380. The van der Waals surface area contributed by atoms with Gasteiger partial charge in [-0.3, -0.25) is 9.59 Å². The number of allylic oxidation sites excluding steroid dienone is 2. The van der Waals surface area contributed by atoms with Gasteiger partial charge in [0.15, 0.2) is 6.61 Å². The van der Waals surface area contributed by atoms with Gasteiger partial charge in [-0.05, 0) is 66.9 Å². The fourth-order valence-corrected chi connectivity index (χ4v) is 4.09. The first-order valence-corrected chi connectivity index (χ1v) is 12.0. The van der Waals surface area contributed by atoms with Gasteiger partial charge in [-0.1, -0.05) is 42.5 Å². The van der Waals surface area contributed by atoms with Crippen molar-refractivity contribution in [3.63, 3.8) is 0 Å². The van der Waals surface area contributed by atoms with E-state index >= 15 is 0 Å². The van der Waals surface area contributed by atoms with Crippen molar-refractivity contribution in [3.8, 4) is 5.75 Å². The number of nitrogens with zero attached hydrogens (tertiary/aromatic N) is 1. The number of hydrogen-bond acceptors (Lipinski definition) is 6. The number of amides is 1. The van der Waals surface area contributed by atoms with E-state index in [2.05, 4.69) is 5.32 Å². The molecule has 3 aromatic carbocycles. The van der Waals surface area contributed by atoms with E-state index in [1.807, 2.05) is 30.3 Å². The summed E-state index contributed by atoms with van der Waals surface area (Å²) in [5.41, 5.74) is 2.86. The molecule has 1 heterocycles. The second-order valence-corrected chi connectivity index (χ2v) is 8.57. The highest BCUT2D eigenvalue weighted by Crippen LogP contribution is 2.35. The van der Waals surface area contributed by atoms with Crippen LogP contribution in [0.2, 0.25) is 0 Å². The van der Waals surface area contributed by atoms with Gasteiger partial charge in [-0.25, -0.2) is 9.18 Å². The molecule has 8 heteroatoms. The zero-order valence-corrected chi connectivity index (χ0v) is 21.1. The minimum Gasteiger partial charge on any atom is -0.484 e. The fourth-order valence-electron chi connectivity index (χ4n) is 4.09. The van der Waals surface area contributed by atoms with Crippen LogP contribution in [-0.2, 0) is 25.5 Å². The summed E-state index contributed by atoms with van der Waals surface area (Å²) in [4.78, 5) is 39.2. The van der Waals surface area contributed by atoms with E-state index in [9.17, 15) is 18.8 Å². The van der Waals surface area contributed by atoms with Gasteiger partial charge in [0.25, 0.3) is 5.91 Å². The number of hydrogen-bond donors (Lipinski definition) is 1. The third kappa shape index (κ3) is 6.15. The van der Waals surface area contributed by atoms with Gasteiger partial charge in [0.2, 0.25) is 5.78 Å². The summed E-state index contributed by atoms with van der Waals surface area (Å²) in [5, 5.41) is 2.83. The van der Waals surface area contributed by atoms with E-state index in [1.165, 1.54) is 31.4 Å². The highest BCUT2D eigenvalue weighted by atomic mass is 19.1. The lowest BCUT2D eigenvalue weighted by atomic mass is 10.1. The van der Waals surface area contributed by atoms with Crippen molar-refractivity contribution in [2.45, 2.75) is 13.3 Å². The lowest BCUT2D eigenvalue weighted by Gasteiger charge is -2.21. The van der Waals surface area contributed by atoms with Crippen LogP contribution < -0.4 is 15.0 Å². The smallest absolute Gasteiger partial charge is 0.343 e. The summed E-state index contributed by atoms with van der Waals surface area (Å²) in [5.74, 6) is -1.39. The maximum atomic E-state index is 13.5. The Balaban J connectivity index is 1.43. The maximum Gasteiger partial charge on any atom is 0.343 e. The van der Waals surface area contributed by atoms with Crippen LogP contribution in [0.1, 0.15) is 18.1 Å². The Labute approximate surface area is 220 Å². The zero-order chi connectivity index (χ0) is 27.1. The lowest BCUT2D eigenvalue weighted by molar-refractivity contribution is -0.137. The van der Waals surface area contributed by atoms with Crippen molar-refractivity contribution < 1.29 is 28.2 Å². The van der Waals surface area contributed by atoms with E-state index in [-0.39, 0.29) is 23.8 Å². The maximum absolute atomic E-state index is 13.5. The molecule has 3 aromatic rings. The average molecular weight is 515 g/mol. The molecule has 0 fully saturated rings. The third-order valence-corrected chi connectivity index (χ3v) is 6.00. The molecule has 0 unspecified atom stereocenters. The summed E-state index contributed by atoms with van der Waals surface area (Å²) in [6, 6.07) is 22.3. The number of ether oxygens (including phenoxy) is 2. The van der Waals surface area contributed by atoms with Crippen LogP contribution in [0, 0.1) is 5.82 Å². The Morgan fingerprint density at radius 3 is 2.32 bits per heavy atom. The summed E-state index contributed by atoms with van der Waals surface area (Å²) in [6.07, 6.45) is 2.36. The second kappa shape index (κ2) is 12.0. The quantitative estimate of drug-likeness (QED) is 0.258. The molecule has 1 aliphatic rings. The number of rotatable bonds is 9. The predicted octanol–water partition coefficient (Wildman–Crippen LogP) is 4.44. The van der Waals surface area contributed by atoms with E-state index in [1.54, 1.807) is 42.2 Å². The first-order chi connectivity index (χ1) is 18.4. The highest BCUT2D eigenvalue weighted by molar-refractivity contribution is 6.30. The molecule has 0 saturated carbocycles. The molecule has 38 heavy (non-hydrogen) atoms. The number of benzene rings is 3. The van der Waals surface area contributed by atoms with Crippen molar-refractivity contribution in [1.29, 1.82) is 0 Å². The molecule has 7 nitrogen and oxygen atoms in total. The van der Waals surface area contributed by atoms with Gasteiger partial charge in [-0.15, -0.1) is 0 Å². The van der Waals surface area contributed by atoms with Crippen LogP contribution in [-0.4, -0.2) is 37.9 Å². The summed E-state index contributed by atoms with van der Waals surface area (Å²) in [7, 11) is 1.21. The molecule has 0 aliphatic carbocycles. The molecule has 0 atom stereocenters. The molecule has 0 bridgehead atoms. The topological polar surface area (TPSA) is 84.9 Å². The van der Waals surface area contributed by atoms with Crippen LogP contribution in [0.15, 0.2) is 95.8 Å². The average Bonchev–Trinajstić information content (AvgIpc) is 3.17. The normalized spacial score (nSPS) is 14.1. The highest BCUT2D eigenvalue weighted by Gasteiger charge is 2.38. The number of Topliss-reactive ketones (excluding diaryl/α,β-unsaturated/α-hetero) is 1. The van der Waals surface area contributed by atoms with Gasteiger partial charge in [0.1, 0.15) is 17.1 Å². The van der Waals surface area contributed by atoms with Crippen molar-refractivity contribution >= 4 is 29.4 Å². The summed E-state index contributed by atoms with van der Waals surface area (Å²) in [6.45, 7) is 2.02. The third-order valence-electron chi connectivity index (χ3n) is 6.00. The summed E-state index contributed by atoms with van der Waals surface area (Å²) >= 11 is 0. The second-order valence-electron chi connectivity index (χ2n) is 8.57. The first-order valence-electron chi connectivity index (χ1n) is 12.0. The van der Waals surface area contributed by atoms with Crippen molar-refractivity contribution in [2.75, 3.05) is 25.2 Å². The molecular weight excluding hydrogens is 487 g/mol. The standard InChI is InChI=1S/C30H27FN2O5/c1-20-28(30(36)37-2)29(35)26(33(20)24-12-10-23(31)11-13-24)18-22-8-14-25(15-9-22)38-19-27(34)32-17-16-21-6-4-3-5-7-21/h3-15,18H,16-17,19H2,1-2H3,(H,32,34)/b26-18-. The Hall–Kier alpha value is -4.72. The molecule has 1 aliphatic heterocycles. The number of halogens is 1. The van der Waals surface area contributed by atoms with Crippen molar-refractivity contribution in [3.05, 3.63) is 113 Å². The van der Waals surface area contributed by atoms with Crippen LogP contribution in [0.4, 0.5) is 10.1 Å². The number of carbonyl (C=O) groups excluding carboxylic acids is 3. The van der Waals surface area contributed by atoms with Crippen LogP contribution in [0.25, 0.3) is 6.08 Å². The van der Waals surface area contributed by atoms with Gasteiger partial charge in [-0.2, -0.15) is 0 Å². The number of methoxy groups -OCH3 is 1. The molecular formula is C30H27FN2O5. The number of esters is 1. The molecule has 0 radical (unpaired) electrons. The van der Waals surface area contributed by atoms with Crippen LogP contribution in [0.5, 0.6) is 5.75 Å². The largest absolute Gasteiger partial charge is 0.484 e.